The van der Waals surface area contributed by atoms with Crippen molar-refractivity contribution in [1.29, 1.82) is 10.5 Å². The summed E-state index contributed by atoms with van der Waals surface area (Å²) in [6.07, 6.45) is 6.34. The van der Waals surface area contributed by atoms with Gasteiger partial charge in [-0.2, -0.15) is 10.5 Å². The van der Waals surface area contributed by atoms with Crippen molar-refractivity contribution in [2.75, 3.05) is 0 Å². The molecule has 8 aromatic rings. The van der Waals surface area contributed by atoms with Gasteiger partial charge >= 0.3 is 58.4 Å². The second kappa shape index (κ2) is 43.3. The first-order valence-corrected chi connectivity index (χ1v) is 19.9. The maximum Gasteiger partial charge on any atom is 2.00 e. The molecule has 0 atom stereocenters. The number of carbonyl (C=O) groups excluding carboxylic acids is 6. The van der Waals surface area contributed by atoms with Crippen LogP contribution in [0.2, 0.25) is 0 Å². The van der Waals surface area contributed by atoms with Crippen LogP contribution >= 0.6 is 0 Å². The molecule has 19 heteroatoms. The SMILES string of the molecule is N#Cc1cccnc1.N#Cc1cccnc1.O=C([O-])c1ccccc1.O=C([O-])c1ccccc1.O=C([O-])c1ccccc1.O=C([O-])c1ccccc1.O=C([O-])c1ccccc1.O=C([O-])c1ccccc1.[Zn+2].[Zn+2].[Zn+2]. The normalized spacial score (nSPS) is 8.30. The molecule has 0 radical (unpaired) electrons. The molecule has 2 aromatic heterocycles. The van der Waals surface area contributed by atoms with Crippen LogP contribution in [-0.2, 0) is 58.4 Å². The molecule has 0 aliphatic rings. The number of carbonyl (C=O) groups is 6. The minimum atomic E-state index is -1.13. The number of benzene rings is 6. The van der Waals surface area contributed by atoms with Crippen LogP contribution in [0.15, 0.2) is 231 Å². The Morgan fingerprint density at radius 3 is 0.534 bits per heavy atom. The van der Waals surface area contributed by atoms with Crippen molar-refractivity contribution in [3.05, 3.63) is 276 Å². The minimum absolute atomic E-state index is 0. The van der Waals surface area contributed by atoms with Crippen LogP contribution in [0.5, 0.6) is 0 Å². The summed E-state index contributed by atoms with van der Waals surface area (Å²) < 4.78 is 0. The number of pyridine rings is 2. The summed E-state index contributed by atoms with van der Waals surface area (Å²) in [6.45, 7) is 0. The van der Waals surface area contributed by atoms with Crippen LogP contribution in [0.4, 0.5) is 0 Å². The van der Waals surface area contributed by atoms with Gasteiger partial charge in [-0.25, -0.2) is 0 Å². The van der Waals surface area contributed by atoms with E-state index in [0.717, 1.165) is 0 Å². The predicted molar refractivity (Wildman–Crippen MR) is 243 cm³/mol. The summed E-state index contributed by atoms with van der Waals surface area (Å²) in [5.74, 6) is -6.77. The van der Waals surface area contributed by atoms with Gasteiger partial charge in [0.1, 0.15) is 12.1 Å². The number of hydrogen-bond donors (Lipinski definition) is 0. The van der Waals surface area contributed by atoms with E-state index in [-0.39, 0.29) is 91.8 Å². The fraction of sp³-hybridized carbons (Fsp3) is 0. The Kier molecular flexibility index (Phi) is 40.7. The molecule has 0 bridgehead atoms. The van der Waals surface area contributed by atoms with Crippen molar-refractivity contribution >= 4 is 35.8 Å². The molecule has 0 aliphatic carbocycles. The summed E-state index contributed by atoms with van der Waals surface area (Å²) in [6, 6.07) is 59.2. The molecular weight excluding hydrogens is 1090 g/mol. The van der Waals surface area contributed by atoms with Crippen molar-refractivity contribution in [3.63, 3.8) is 0 Å². The van der Waals surface area contributed by atoms with E-state index in [1.807, 2.05) is 12.1 Å². The number of carboxylic acid groups (broad SMARTS) is 6. The quantitative estimate of drug-likeness (QED) is 0.216. The average molecular weight is 1130 g/mol. The van der Waals surface area contributed by atoms with Crippen LogP contribution in [0.25, 0.3) is 0 Å². The Labute approximate surface area is 458 Å². The maximum absolute atomic E-state index is 10.1. The van der Waals surface area contributed by atoms with E-state index in [0.29, 0.717) is 11.1 Å². The van der Waals surface area contributed by atoms with Gasteiger partial charge in [0.05, 0.1) is 46.9 Å². The van der Waals surface area contributed by atoms with Crippen LogP contribution in [0, 0.1) is 22.7 Å². The third-order valence-corrected chi connectivity index (χ3v) is 7.64. The van der Waals surface area contributed by atoms with E-state index >= 15 is 0 Å². The number of aromatic nitrogens is 2. The van der Waals surface area contributed by atoms with Gasteiger partial charge in [0.15, 0.2) is 0 Å². The molecule has 16 nitrogen and oxygen atoms in total. The summed E-state index contributed by atoms with van der Waals surface area (Å²) in [4.78, 5) is 68.0. The first kappa shape index (κ1) is 68.6. The third kappa shape index (κ3) is 34.3. The van der Waals surface area contributed by atoms with E-state index in [4.69, 9.17) is 10.5 Å². The zero-order chi connectivity index (χ0) is 51.8. The second-order valence-electron chi connectivity index (χ2n) is 12.6. The summed E-state index contributed by atoms with van der Waals surface area (Å²) >= 11 is 0. The van der Waals surface area contributed by atoms with Gasteiger partial charge < -0.3 is 59.4 Å². The minimum Gasteiger partial charge on any atom is -0.545 e. The van der Waals surface area contributed by atoms with Gasteiger partial charge in [0, 0.05) is 24.8 Å². The Morgan fingerprint density at radius 2 is 0.452 bits per heavy atom. The Hall–Kier alpha value is -8.71. The van der Waals surface area contributed by atoms with Crippen molar-refractivity contribution in [1.82, 2.24) is 9.97 Å². The molecule has 0 aliphatic heterocycles. The molecule has 0 saturated heterocycles. The first-order valence-electron chi connectivity index (χ1n) is 19.9. The van der Waals surface area contributed by atoms with Gasteiger partial charge in [-0.15, -0.1) is 0 Å². The number of nitriles is 2. The Balaban J connectivity index is -0.000000763. The van der Waals surface area contributed by atoms with E-state index in [1.165, 1.54) is 85.2 Å². The van der Waals surface area contributed by atoms with Crippen LogP contribution in [0.3, 0.4) is 0 Å². The fourth-order valence-electron chi connectivity index (χ4n) is 4.30. The average Bonchev–Trinajstić information content (AvgIpc) is 3.42. The van der Waals surface area contributed by atoms with Gasteiger partial charge in [0.25, 0.3) is 0 Å². The molecule has 0 spiro atoms. The fourth-order valence-corrected chi connectivity index (χ4v) is 4.30. The predicted octanol–water partition coefficient (Wildman–Crippen LogP) is 2.20. The largest absolute Gasteiger partial charge is 2.00 e. The van der Waals surface area contributed by atoms with Crippen molar-refractivity contribution in [3.8, 4) is 12.1 Å². The number of aromatic carboxylic acids is 6. The van der Waals surface area contributed by atoms with E-state index in [9.17, 15) is 59.4 Å². The summed E-state index contributed by atoms with van der Waals surface area (Å²) in [5, 5.41) is 77.0. The second-order valence-corrected chi connectivity index (χ2v) is 12.6. The van der Waals surface area contributed by atoms with Crippen LogP contribution in [-0.4, -0.2) is 45.8 Å². The van der Waals surface area contributed by atoms with Gasteiger partial charge in [-0.05, 0) is 57.6 Å². The number of hydrogen-bond acceptors (Lipinski definition) is 16. The Morgan fingerprint density at radius 1 is 0.288 bits per heavy atom. The van der Waals surface area contributed by atoms with Gasteiger partial charge in [0.2, 0.25) is 0 Å². The summed E-state index contributed by atoms with van der Waals surface area (Å²) in [7, 11) is 0. The molecule has 0 fully saturated rings. The number of rotatable bonds is 6. The van der Waals surface area contributed by atoms with Crippen LogP contribution in [0.1, 0.15) is 73.3 Å². The molecule has 0 amide bonds. The molecule has 2 heterocycles. The smallest absolute Gasteiger partial charge is 0.545 e. The van der Waals surface area contributed by atoms with E-state index < -0.39 is 35.8 Å². The number of carboxylic acids is 6. The molecule has 8 rings (SSSR count). The zero-order valence-corrected chi connectivity index (χ0v) is 47.6. The zero-order valence-electron chi connectivity index (χ0n) is 38.7. The molecular formula is C54H38N4O12Zn3. The van der Waals surface area contributed by atoms with Crippen molar-refractivity contribution < 1.29 is 118 Å². The topological polar surface area (TPSA) is 314 Å². The van der Waals surface area contributed by atoms with Crippen molar-refractivity contribution in [2.24, 2.45) is 0 Å². The maximum atomic E-state index is 10.1. The van der Waals surface area contributed by atoms with Gasteiger partial charge in [-0.1, -0.05) is 182 Å². The standard InChI is InChI=1S/6C7H6O2.2C6H4N2.3Zn/c6*8-7(9)6-4-2-1-3-5-6;2*7-4-6-2-1-3-8-5-6;;;/h6*1-5H,(H,8,9);2*1-3,5H;;;/q;;;;;;;;3*+2/p-6. The number of nitrogens with zero attached hydrogens (tertiary/aromatic N) is 4. The third-order valence-electron chi connectivity index (χ3n) is 7.64. The molecule has 0 unspecified atom stereocenters. The van der Waals surface area contributed by atoms with E-state index in [2.05, 4.69) is 9.97 Å². The molecule has 0 N–H and O–H groups in total. The Bertz CT molecular complexity index is 2400. The molecule has 73 heavy (non-hydrogen) atoms. The van der Waals surface area contributed by atoms with E-state index in [1.54, 1.807) is 146 Å². The first-order chi connectivity index (χ1) is 33.7. The van der Waals surface area contributed by atoms with Gasteiger partial charge in [-0.3, -0.25) is 9.97 Å². The van der Waals surface area contributed by atoms with Crippen molar-refractivity contribution in [2.45, 2.75) is 0 Å². The monoisotopic (exact) mass is 1130 g/mol. The molecule has 6 aromatic carbocycles. The summed E-state index contributed by atoms with van der Waals surface area (Å²) in [5.41, 5.74) is 2.53. The van der Waals surface area contributed by atoms with Crippen LogP contribution < -0.4 is 30.6 Å². The molecule has 0 saturated carbocycles. The molecule has 352 valence electrons.